The molecule has 0 spiro atoms. The first-order chi connectivity index (χ1) is 10.9. The third kappa shape index (κ3) is 4.81. The van der Waals surface area contributed by atoms with E-state index in [0.717, 1.165) is 6.26 Å². The Morgan fingerprint density at radius 3 is 2.96 bits per heavy atom. The molecule has 0 aromatic carbocycles. The van der Waals surface area contributed by atoms with Gasteiger partial charge >= 0.3 is 0 Å². The van der Waals surface area contributed by atoms with Crippen LogP contribution in [-0.2, 0) is 21.4 Å². The average Bonchev–Trinajstić information content (AvgIpc) is 3.03. The number of sulfonamides is 1. The maximum atomic E-state index is 12.8. The maximum Gasteiger partial charge on any atom is 0.227 e. The fourth-order valence-corrected chi connectivity index (χ4v) is 3.66. The van der Waals surface area contributed by atoms with Crippen molar-refractivity contribution in [3.63, 3.8) is 0 Å². The van der Waals surface area contributed by atoms with Gasteiger partial charge in [0, 0.05) is 19.6 Å². The highest BCUT2D eigenvalue weighted by Crippen LogP contribution is 2.22. The molecule has 1 amide bonds. The van der Waals surface area contributed by atoms with Gasteiger partial charge in [-0.15, -0.1) is 0 Å². The maximum absolute atomic E-state index is 12.8. The van der Waals surface area contributed by atoms with Crippen molar-refractivity contribution >= 4 is 15.9 Å². The number of carbonyl (C=O) groups excluding carboxylic acids is 1. The van der Waals surface area contributed by atoms with E-state index >= 15 is 0 Å². The Morgan fingerprint density at radius 2 is 2.35 bits per heavy atom. The topological polar surface area (TPSA) is 94.6 Å². The Kier molecular flexibility index (Phi) is 5.80. The van der Waals surface area contributed by atoms with Crippen LogP contribution in [0.5, 0.6) is 0 Å². The molecular weight excluding hydrogens is 318 g/mol. The summed E-state index contributed by atoms with van der Waals surface area (Å²) in [6, 6.07) is 5.56. The second-order valence-corrected chi connectivity index (χ2v) is 7.69. The molecule has 1 aromatic rings. The molecule has 0 N–H and O–H groups in total. The van der Waals surface area contributed by atoms with Gasteiger partial charge in [-0.05, 0) is 25.0 Å². The highest BCUT2D eigenvalue weighted by Gasteiger charge is 2.32. The molecule has 23 heavy (non-hydrogen) atoms. The van der Waals surface area contributed by atoms with Crippen LogP contribution in [0.15, 0.2) is 22.8 Å². The number of piperidine rings is 1. The predicted molar refractivity (Wildman–Crippen MR) is 83.5 cm³/mol. The van der Waals surface area contributed by atoms with Crippen molar-refractivity contribution in [2.45, 2.75) is 25.8 Å². The van der Waals surface area contributed by atoms with Crippen LogP contribution in [0.1, 0.15) is 25.0 Å². The molecule has 8 heteroatoms. The third-order valence-corrected chi connectivity index (χ3v) is 5.20. The lowest BCUT2D eigenvalue weighted by atomic mass is 9.98. The number of amides is 1. The van der Waals surface area contributed by atoms with E-state index in [9.17, 15) is 13.2 Å². The van der Waals surface area contributed by atoms with Gasteiger partial charge in [0.1, 0.15) is 5.76 Å². The molecule has 126 valence electrons. The highest BCUT2D eigenvalue weighted by atomic mass is 32.2. The number of hydrogen-bond acceptors (Lipinski definition) is 5. The molecule has 2 heterocycles. The molecule has 0 radical (unpaired) electrons. The molecular formula is C15H21N3O4S. The quantitative estimate of drug-likeness (QED) is 0.776. The standard InChI is InChI=1S/C15H21N3O4S/c1-23(20,21)18-9-2-5-13(11-18)15(19)17(8-4-7-16)12-14-6-3-10-22-14/h3,6,10,13H,2,4-5,8-9,11-12H2,1H3. The average molecular weight is 339 g/mol. The smallest absolute Gasteiger partial charge is 0.227 e. The third-order valence-electron chi connectivity index (χ3n) is 3.93. The van der Waals surface area contributed by atoms with Crippen molar-refractivity contribution in [3.05, 3.63) is 24.2 Å². The number of carbonyl (C=O) groups is 1. The summed E-state index contributed by atoms with van der Waals surface area (Å²) in [5, 5.41) is 8.78. The zero-order chi connectivity index (χ0) is 16.9. The Labute approximate surface area is 136 Å². The first kappa shape index (κ1) is 17.5. The van der Waals surface area contributed by atoms with Crippen molar-refractivity contribution in [1.29, 1.82) is 5.26 Å². The Hall–Kier alpha value is -1.85. The van der Waals surface area contributed by atoms with Gasteiger partial charge in [-0.1, -0.05) is 0 Å². The van der Waals surface area contributed by atoms with Crippen LogP contribution in [0.4, 0.5) is 0 Å². The van der Waals surface area contributed by atoms with E-state index < -0.39 is 10.0 Å². The van der Waals surface area contributed by atoms with Crippen molar-refractivity contribution < 1.29 is 17.6 Å². The first-order valence-corrected chi connectivity index (χ1v) is 9.40. The fraction of sp³-hybridized carbons (Fsp3) is 0.600. The summed E-state index contributed by atoms with van der Waals surface area (Å²) in [4.78, 5) is 14.3. The van der Waals surface area contributed by atoms with Gasteiger partial charge in [-0.2, -0.15) is 5.26 Å². The highest BCUT2D eigenvalue weighted by molar-refractivity contribution is 7.88. The van der Waals surface area contributed by atoms with Gasteiger partial charge in [-0.3, -0.25) is 4.79 Å². The lowest BCUT2D eigenvalue weighted by Crippen LogP contribution is -2.46. The molecule has 0 bridgehead atoms. The van der Waals surface area contributed by atoms with Gasteiger partial charge in [0.15, 0.2) is 0 Å². The number of nitrogens with zero attached hydrogens (tertiary/aromatic N) is 3. The number of hydrogen-bond donors (Lipinski definition) is 0. The number of furan rings is 1. The molecule has 1 aliphatic heterocycles. The van der Waals surface area contributed by atoms with Crippen molar-refractivity contribution in [3.8, 4) is 6.07 Å². The molecule has 1 saturated heterocycles. The van der Waals surface area contributed by atoms with Crippen LogP contribution in [0.2, 0.25) is 0 Å². The summed E-state index contributed by atoms with van der Waals surface area (Å²) in [5.74, 6) is 0.157. The van der Waals surface area contributed by atoms with Gasteiger partial charge in [-0.25, -0.2) is 12.7 Å². The zero-order valence-corrected chi connectivity index (χ0v) is 14.0. The fourth-order valence-electron chi connectivity index (χ4n) is 2.75. The van der Waals surface area contributed by atoms with E-state index in [2.05, 4.69) is 0 Å². The normalized spacial score (nSPS) is 19.2. The lowest BCUT2D eigenvalue weighted by molar-refractivity contribution is -0.137. The summed E-state index contributed by atoms with van der Waals surface area (Å²) >= 11 is 0. The molecule has 1 aromatic heterocycles. The van der Waals surface area contributed by atoms with Crippen LogP contribution in [0.25, 0.3) is 0 Å². The SMILES string of the molecule is CS(=O)(=O)N1CCCC(C(=O)N(CCC#N)Cc2ccco2)C1. The first-order valence-electron chi connectivity index (χ1n) is 7.55. The minimum Gasteiger partial charge on any atom is -0.467 e. The monoisotopic (exact) mass is 339 g/mol. The molecule has 1 atom stereocenters. The second-order valence-electron chi connectivity index (χ2n) is 5.71. The van der Waals surface area contributed by atoms with Gasteiger partial charge in [0.2, 0.25) is 15.9 Å². The van der Waals surface area contributed by atoms with Crippen LogP contribution < -0.4 is 0 Å². The van der Waals surface area contributed by atoms with E-state index in [1.165, 1.54) is 10.6 Å². The molecule has 1 aliphatic rings. The number of nitriles is 1. The van der Waals surface area contributed by atoms with Crippen LogP contribution in [0, 0.1) is 17.2 Å². The molecule has 2 rings (SSSR count). The van der Waals surface area contributed by atoms with E-state index in [1.807, 2.05) is 6.07 Å². The molecule has 7 nitrogen and oxygen atoms in total. The van der Waals surface area contributed by atoms with E-state index in [4.69, 9.17) is 9.68 Å². The molecule has 1 unspecified atom stereocenters. The van der Waals surface area contributed by atoms with Gasteiger partial charge < -0.3 is 9.32 Å². The van der Waals surface area contributed by atoms with Crippen molar-refractivity contribution in [1.82, 2.24) is 9.21 Å². The Morgan fingerprint density at radius 1 is 1.57 bits per heavy atom. The Balaban J connectivity index is 2.08. The van der Waals surface area contributed by atoms with Crippen molar-refractivity contribution in [2.75, 3.05) is 25.9 Å². The summed E-state index contributed by atoms with van der Waals surface area (Å²) in [7, 11) is -3.29. The number of rotatable bonds is 6. The minimum absolute atomic E-state index is 0.120. The van der Waals surface area contributed by atoms with Crippen LogP contribution >= 0.6 is 0 Å². The van der Waals surface area contributed by atoms with Crippen LogP contribution in [-0.4, -0.2) is 49.4 Å². The second kappa shape index (κ2) is 7.62. The zero-order valence-electron chi connectivity index (χ0n) is 13.1. The van der Waals surface area contributed by atoms with Crippen LogP contribution in [0.3, 0.4) is 0 Å². The minimum atomic E-state index is -3.29. The molecule has 0 saturated carbocycles. The summed E-state index contributed by atoms with van der Waals surface area (Å²) in [6.07, 6.45) is 4.25. The predicted octanol–water partition coefficient (Wildman–Crippen LogP) is 1.19. The van der Waals surface area contributed by atoms with E-state index in [-0.39, 0.29) is 24.8 Å². The van der Waals surface area contributed by atoms with Gasteiger partial charge in [0.25, 0.3) is 0 Å². The van der Waals surface area contributed by atoms with Crippen molar-refractivity contribution in [2.24, 2.45) is 5.92 Å². The van der Waals surface area contributed by atoms with Gasteiger partial charge in [0.05, 0.1) is 37.5 Å². The molecule has 1 fully saturated rings. The lowest BCUT2D eigenvalue weighted by Gasteiger charge is -2.33. The van der Waals surface area contributed by atoms with E-state index in [1.54, 1.807) is 17.0 Å². The summed E-state index contributed by atoms with van der Waals surface area (Å²) in [6.45, 7) is 1.27. The summed E-state index contributed by atoms with van der Waals surface area (Å²) < 4.78 is 30.0. The largest absolute Gasteiger partial charge is 0.467 e. The van der Waals surface area contributed by atoms with E-state index in [0.29, 0.717) is 38.2 Å². The summed E-state index contributed by atoms with van der Waals surface area (Å²) in [5.41, 5.74) is 0. The molecule has 0 aliphatic carbocycles. The Bertz CT molecular complexity index is 663.